The van der Waals surface area contributed by atoms with Gasteiger partial charge in [0.1, 0.15) is 0 Å². The molecule has 1 aliphatic carbocycles. The molecule has 1 unspecified atom stereocenters. The number of rotatable bonds is 3. The smallest absolute Gasteiger partial charge is 0.314 e. The standard InChI is InChI=1S/C28H34BrClN4O2/c1-17-12-20-2-3-21-15-22(30)16-32-27(21)26(25(20)23(29)13-17)19-6-10-33(11-7-19)24(35)14-18-4-8-34(9-5-18)28(31)36/h12-13,15-16,18-19,26H,2-11,14H2,1H3,(H2,31,36). The van der Waals surface area contributed by atoms with Gasteiger partial charge in [0.2, 0.25) is 5.91 Å². The average Bonchev–Trinajstić information content (AvgIpc) is 3.01. The van der Waals surface area contributed by atoms with Crippen LogP contribution in [-0.4, -0.2) is 52.9 Å². The first-order chi connectivity index (χ1) is 17.3. The fourth-order valence-electron chi connectivity index (χ4n) is 6.43. The predicted octanol–water partition coefficient (Wildman–Crippen LogP) is 5.46. The first kappa shape index (κ1) is 25.5. The summed E-state index contributed by atoms with van der Waals surface area (Å²) in [4.78, 5) is 33.1. The molecule has 1 aromatic carbocycles. The molecule has 3 heterocycles. The molecule has 2 aliphatic heterocycles. The van der Waals surface area contributed by atoms with Gasteiger partial charge in [0, 0.05) is 49.2 Å². The molecule has 192 valence electrons. The molecular formula is C28H34BrClN4O2. The van der Waals surface area contributed by atoms with Crippen molar-refractivity contribution in [3.05, 3.63) is 61.8 Å². The number of piperidine rings is 2. The highest BCUT2D eigenvalue weighted by Crippen LogP contribution is 2.45. The number of fused-ring (bicyclic) bond motifs is 2. The van der Waals surface area contributed by atoms with E-state index in [0.29, 0.717) is 36.4 Å². The topological polar surface area (TPSA) is 79.5 Å². The summed E-state index contributed by atoms with van der Waals surface area (Å²) in [5.41, 5.74) is 11.8. The minimum absolute atomic E-state index is 0.195. The summed E-state index contributed by atoms with van der Waals surface area (Å²) in [6.07, 6.45) is 7.88. The normalized spacial score (nSPS) is 21.0. The van der Waals surface area contributed by atoms with Gasteiger partial charge in [-0.1, -0.05) is 33.6 Å². The van der Waals surface area contributed by atoms with Crippen LogP contribution in [0, 0.1) is 18.8 Å². The van der Waals surface area contributed by atoms with Crippen molar-refractivity contribution in [1.82, 2.24) is 14.8 Å². The average molecular weight is 574 g/mol. The van der Waals surface area contributed by atoms with E-state index in [4.69, 9.17) is 22.3 Å². The van der Waals surface area contributed by atoms with E-state index in [9.17, 15) is 9.59 Å². The number of pyridine rings is 1. The highest BCUT2D eigenvalue weighted by molar-refractivity contribution is 9.10. The van der Waals surface area contributed by atoms with E-state index in [1.807, 2.05) is 0 Å². The van der Waals surface area contributed by atoms with Gasteiger partial charge in [0.15, 0.2) is 0 Å². The largest absolute Gasteiger partial charge is 0.351 e. The lowest BCUT2D eigenvalue weighted by Gasteiger charge is -2.38. The molecule has 1 aromatic heterocycles. The number of nitrogens with two attached hydrogens (primary N) is 1. The van der Waals surface area contributed by atoms with Crippen LogP contribution in [0.1, 0.15) is 66.0 Å². The van der Waals surface area contributed by atoms with Crippen LogP contribution in [-0.2, 0) is 17.6 Å². The Morgan fingerprint density at radius 2 is 1.69 bits per heavy atom. The van der Waals surface area contributed by atoms with Crippen LogP contribution in [0.5, 0.6) is 0 Å². The minimum atomic E-state index is -0.359. The predicted molar refractivity (Wildman–Crippen MR) is 145 cm³/mol. The van der Waals surface area contributed by atoms with Gasteiger partial charge < -0.3 is 15.5 Å². The van der Waals surface area contributed by atoms with Crippen LogP contribution in [0.15, 0.2) is 28.9 Å². The molecule has 36 heavy (non-hydrogen) atoms. The molecule has 2 fully saturated rings. The van der Waals surface area contributed by atoms with E-state index >= 15 is 0 Å². The summed E-state index contributed by atoms with van der Waals surface area (Å²) in [6.45, 7) is 5.02. The third-order valence-corrected chi connectivity index (χ3v) is 9.21. The lowest BCUT2D eigenvalue weighted by molar-refractivity contribution is -0.134. The lowest BCUT2D eigenvalue weighted by Crippen LogP contribution is -2.44. The van der Waals surface area contributed by atoms with Crippen molar-refractivity contribution in [2.45, 2.75) is 57.8 Å². The van der Waals surface area contributed by atoms with Crippen molar-refractivity contribution in [1.29, 1.82) is 0 Å². The summed E-state index contributed by atoms with van der Waals surface area (Å²) >= 11 is 10.2. The number of halogens is 2. The molecular weight excluding hydrogens is 540 g/mol. The Balaban J connectivity index is 1.31. The maximum absolute atomic E-state index is 13.1. The third kappa shape index (κ3) is 5.28. The quantitative estimate of drug-likeness (QED) is 0.530. The van der Waals surface area contributed by atoms with E-state index in [2.05, 4.69) is 46.0 Å². The number of aryl methyl sites for hydroxylation is 3. The lowest BCUT2D eigenvalue weighted by atomic mass is 9.76. The summed E-state index contributed by atoms with van der Waals surface area (Å²) in [6, 6.07) is 6.27. The second kappa shape index (κ2) is 10.7. The van der Waals surface area contributed by atoms with E-state index < -0.39 is 0 Å². The molecule has 0 spiro atoms. The molecule has 2 saturated heterocycles. The van der Waals surface area contributed by atoms with Crippen LogP contribution in [0.25, 0.3) is 0 Å². The number of aromatic nitrogens is 1. The zero-order chi connectivity index (χ0) is 25.4. The molecule has 0 bridgehead atoms. The Bertz CT molecular complexity index is 1160. The molecule has 3 amide bonds. The van der Waals surface area contributed by atoms with Crippen molar-refractivity contribution < 1.29 is 9.59 Å². The Morgan fingerprint density at radius 1 is 1.03 bits per heavy atom. The second-order valence-corrected chi connectivity index (χ2v) is 12.0. The van der Waals surface area contributed by atoms with Gasteiger partial charge in [-0.25, -0.2) is 4.79 Å². The summed E-state index contributed by atoms with van der Waals surface area (Å²) in [5, 5.41) is 0.691. The van der Waals surface area contributed by atoms with E-state index in [1.54, 1.807) is 11.1 Å². The molecule has 0 saturated carbocycles. The molecule has 2 aromatic rings. The fraction of sp³-hybridized carbons (Fsp3) is 0.536. The van der Waals surface area contributed by atoms with Gasteiger partial charge in [0.25, 0.3) is 0 Å². The maximum atomic E-state index is 13.1. The Morgan fingerprint density at radius 3 is 2.39 bits per heavy atom. The molecule has 3 aliphatic rings. The van der Waals surface area contributed by atoms with Crippen LogP contribution in [0.4, 0.5) is 4.79 Å². The summed E-state index contributed by atoms with van der Waals surface area (Å²) < 4.78 is 1.16. The second-order valence-electron chi connectivity index (χ2n) is 10.7. The fourth-order valence-corrected chi connectivity index (χ4v) is 7.48. The number of carbonyl (C=O) groups excluding carboxylic acids is 2. The van der Waals surface area contributed by atoms with Crippen molar-refractivity contribution in [3.8, 4) is 0 Å². The number of nitrogens with zero attached hydrogens (tertiary/aromatic N) is 3. The van der Waals surface area contributed by atoms with Gasteiger partial charge in [-0.15, -0.1) is 0 Å². The number of urea groups is 1. The van der Waals surface area contributed by atoms with Crippen LogP contribution in [0.3, 0.4) is 0 Å². The molecule has 8 heteroatoms. The van der Waals surface area contributed by atoms with Crippen molar-refractivity contribution in [2.24, 2.45) is 17.6 Å². The number of hydrogen-bond acceptors (Lipinski definition) is 3. The van der Waals surface area contributed by atoms with Gasteiger partial charge in [-0.05, 0) is 91.7 Å². The van der Waals surface area contributed by atoms with Crippen LogP contribution >= 0.6 is 27.5 Å². The van der Waals surface area contributed by atoms with Crippen LogP contribution < -0.4 is 5.73 Å². The number of likely N-dealkylation sites (tertiary alicyclic amines) is 2. The highest BCUT2D eigenvalue weighted by atomic mass is 79.9. The van der Waals surface area contributed by atoms with E-state index in [0.717, 1.165) is 61.8 Å². The number of hydrogen-bond donors (Lipinski definition) is 1. The van der Waals surface area contributed by atoms with Gasteiger partial charge in [-0.2, -0.15) is 0 Å². The number of primary amides is 1. The first-order valence-corrected chi connectivity index (χ1v) is 14.2. The van der Waals surface area contributed by atoms with Gasteiger partial charge in [-0.3, -0.25) is 9.78 Å². The number of carbonyl (C=O) groups is 2. The number of benzene rings is 1. The monoisotopic (exact) mass is 572 g/mol. The Kier molecular flexibility index (Phi) is 7.59. The zero-order valence-corrected chi connectivity index (χ0v) is 23.2. The summed E-state index contributed by atoms with van der Waals surface area (Å²) in [7, 11) is 0. The van der Waals surface area contributed by atoms with E-state index in [1.165, 1.54) is 22.3 Å². The van der Waals surface area contributed by atoms with Crippen LogP contribution in [0.2, 0.25) is 5.02 Å². The number of amides is 3. The maximum Gasteiger partial charge on any atom is 0.314 e. The third-order valence-electron chi connectivity index (χ3n) is 8.35. The molecule has 0 radical (unpaired) electrons. The molecule has 5 rings (SSSR count). The molecule has 2 N–H and O–H groups in total. The van der Waals surface area contributed by atoms with Crippen molar-refractivity contribution in [2.75, 3.05) is 26.2 Å². The minimum Gasteiger partial charge on any atom is -0.351 e. The highest BCUT2D eigenvalue weighted by Gasteiger charge is 2.36. The van der Waals surface area contributed by atoms with Gasteiger partial charge >= 0.3 is 6.03 Å². The first-order valence-electron chi connectivity index (χ1n) is 13.1. The Labute approximate surface area is 226 Å². The van der Waals surface area contributed by atoms with Gasteiger partial charge in [0.05, 0.1) is 10.7 Å². The van der Waals surface area contributed by atoms with Crippen molar-refractivity contribution >= 4 is 39.5 Å². The zero-order valence-electron chi connectivity index (χ0n) is 20.8. The SMILES string of the molecule is Cc1cc(Br)c2c(c1)CCc1cc(Cl)cnc1C2C1CCN(C(=O)CC2CCN(C(N)=O)CC2)CC1. The van der Waals surface area contributed by atoms with E-state index in [-0.39, 0.29) is 17.9 Å². The molecule has 1 atom stereocenters. The summed E-state index contributed by atoms with van der Waals surface area (Å²) in [5.74, 6) is 1.19. The Hall–Kier alpha value is -2.12. The molecule has 6 nitrogen and oxygen atoms in total. The van der Waals surface area contributed by atoms with Crippen molar-refractivity contribution in [3.63, 3.8) is 0 Å².